The molecule has 0 aliphatic rings. The molecular weight excluding hydrogens is 486 g/mol. The van der Waals surface area contributed by atoms with Crippen LogP contribution in [0.15, 0.2) is 78.9 Å². The fourth-order valence-corrected chi connectivity index (χ4v) is 3.64. The number of hydrogen-bond donors (Lipinski definition) is 1. The Balaban J connectivity index is 1.77. The number of carbonyl (C=O) groups is 2. The molecule has 4 aromatic rings. The number of phenolic OH excluding ortho intramolecular Hbond substituents is 1. The molecule has 0 aliphatic carbocycles. The van der Waals surface area contributed by atoms with Gasteiger partial charge in [-0.25, -0.2) is 15.0 Å². The number of carbonyl (C=O) groups excluding carboxylic acids is 2. The van der Waals surface area contributed by atoms with E-state index in [0.29, 0.717) is 39.8 Å². The van der Waals surface area contributed by atoms with Crippen LogP contribution < -0.4 is 14.2 Å². The van der Waals surface area contributed by atoms with Gasteiger partial charge >= 0.3 is 0 Å². The van der Waals surface area contributed by atoms with Gasteiger partial charge in [0.2, 0.25) is 11.6 Å². The van der Waals surface area contributed by atoms with Crippen molar-refractivity contribution >= 4 is 11.6 Å². The van der Waals surface area contributed by atoms with Gasteiger partial charge in [0.25, 0.3) is 0 Å². The van der Waals surface area contributed by atoms with Gasteiger partial charge in [0, 0.05) is 6.07 Å². The number of nitrogens with zero attached hydrogens (tertiary/aromatic N) is 3. The van der Waals surface area contributed by atoms with Crippen LogP contribution in [0.4, 0.5) is 0 Å². The Labute approximate surface area is 219 Å². The Bertz CT molecular complexity index is 1470. The van der Waals surface area contributed by atoms with Crippen LogP contribution in [0.3, 0.4) is 0 Å². The van der Waals surface area contributed by atoms with Crippen molar-refractivity contribution < 1.29 is 28.9 Å². The molecule has 3 aromatic carbocycles. The first-order chi connectivity index (χ1) is 18.3. The smallest absolute Gasteiger partial charge is 0.240 e. The zero-order valence-electron chi connectivity index (χ0n) is 21.1. The summed E-state index contributed by atoms with van der Waals surface area (Å²) >= 11 is 0. The number of aromatic nitrogens is 3. The standard InChI is InChI=1S/C29H25N3O6/c1-17(2)26(35)23(34)16-38-18-13-14-19(22(33)15-18)27-30-28(20-9-5-7-11-24(20)36-3)32-29(31-27)21-10-6-8-12-25(21)37-4/h5-15,33H,1,16H2,2-4H3. The van der Waals surface area contributed by atoms with Gasteiger partial charge in [-0.05, 0) is 48.9 Å². The Hall–Kier alpha value is -5.05. The molecular formula is C29H25N3O6. The predicted molar refractivity (Wildman–Crippen MR) is 141 cm³/mol. The number of ether oxygens (including phenoxy) is 3. The molecule has 1 aromatic heterocycles. The second-order valence-electron chi connectivity index (χ2n) is 8.21. The largest absolute Gasteiger partial charge is 0.507 e. The van der Waals surface area contributed by atoms with Crippen LogP contribution in [0.25, 0.3) is 34.2 Å². The molecule has 0 atom stereocenters. The van der Waals surface area contributed by atoms with Crippen molar-refractivity contribution in [3.63, 3.8) is 0 Å². The Kier molecular flexibility index (Phi) is 7.77. The fraction of sp³-hybridized carbons (Fsp3) is 0.138. The van der Waals surface area contributed by atoms with Gasteiger partial charge in [-0.2, -0.15) is 0 Å². The van der Waals surface area contributed by atoms with E-state index in [4.69, 9.17) is 14.2 Å². The summed E-state index contributed by atoms with van der Waals surface area (Å²) in [7, 11) is 3.11. The van der Waals surface area contributed by atoms with E-state index in [0.717, 1.165) is 0 Å². The van der Waals surface area contributed by atoms with Crippen LogP contribution in [0.2, 0.25) is 0 Å². The van der Waals surface area contributed by atoms with E-state index in [-0.39, 0.29) is 22.9 Å². The van der Waals surface area contributed by atoms with E-state index in [2.05, 4.69) is 21.5 Å². The quantitative estimate of drug-likeness (QED) is 0.239. The number of aromatic hydroxyl groups is 1. The molecule has 38 heavy (non-hydrogen) atoms. The van der Waals surface area contributed by atoms with Crippen LogP contribution >= 0.6 is 0 Å². The summed E-state index contributed by atoms with van der Waals surface area (Å²) in [5.41, 5.74) is 1.70. The molecule has 0 fully saturated rings. The lowest BCUT2D eigenvalue weighted by Crippen LogP contribution is -2.21. The molecule has 0 amide bonds. The number of Topliss-reactive ketones (excluding diaryl/α,β-unsaturated/α-hetero) is 2. The third-order valence-corrected chi connectivity index (χ3v) is 5.55. The van der Waals surface area contributed by atoms with Crippen LogP contribution in [0.5, 0.6) is 23.0 Å². The number of benzene rings is 3. The molecule has 4 rings (SSSR count). The normalized spacial score (nSPS) is 10.5. The van der Waals surface area contributed by atoms with Crippen molar-refractivity contribution in [1.29, 1.82) is 0 Å². The average molecular weight is 512 g/mol. The van der Waals surface area contributed by atoms with Crippen molar-refractivity contribution in [1.82, 2.24) is 15.0 Å². The minimum Gasteiger partial charge on any atom is -0.507 e. The van der Waals surface area contributed by atoms with Crippen LogP contribution in [0, 0.1) is 0 Å². The lowest BCUT2D eigenvalue weighted by Gasteiger charge is -2.13. The van der Waals surface area contributed by atoms with Crippen LogP contribution in [0.1, 0.15) is 6.92 Å². The van der Waals surface area contributed by atoms with E-state index in [1.807, 2.05) is 36.4 Å². The average Bonchev–Trinajstić information content (AvgIpc) is 2.95. The van der Waals surface area contributed by atoms with Gasteiger partial charge in [0.15, 0.2) is 24.1 Å². The molecule has 0 spiro atoms. The Morgan fingerprint density at radius 2 is 1.29 bits per heavy atom. The molecule has 1 N–H and O–H groups in total. The lowest BCUT2D eigenvalue weighted by molar-refractivity contribution is -0.135. The van der Waals surface area contributed by atoms with Crippen molar-refractivity contribution in [2.75, 3.05) is 20.8 Å². The highest BCUT2D eigenvalue weighted by molar-refractivity contribution is 6.43. The summed E-state index contributed by atoms with van der Waals surface area (Å²) in [6.45, 7) is 4.44. The molecule has 9 nitrogen and oxygen atoms in total. The molecule has 1 heterocycles. The van der Waals surface area contributed by atoms with Gasteiger partial charge in [0.1, 0.15) is 23.0 Å². The summed E-state index contributed by atoms with van der Waals surface area (Å²) in [4.78, 5) is 37.6. The maximum atomic E-state index is 11.9. The first-order valence-electron chi connectivity index (χ1n) is 11.5. The molecule has 0 radical (unpaired) electrons. The van der Waals surface area contributed by atoms with Gasteiger partial charge in [0.05, 0.1) is 30.9 Å². The molecule has 192 valence electrons. The lowest BCUT2D eigenvalue weighted by atomic mass is 10.1. The zero-order valence-corrected chi connectivity index (χ0v) is 21.1. The molecule has 0 saturated heterocycles. The van der Waals surface area contributed by atoms with E-state index < -0.39 is 18.2 Å². The number of phenols is 1. The summed E-state index contributed by atoms with van der Waals surface area (Å²) < 4.78 is 16.4. The molecule has 0 bridgehead atoms. The molecule has 9 heteroatoms. The van der Waals surface area contributed by atoms with Crippen molar-refractivity contribution in [2.45, 2.75) is 6.92 Å². The van der Waals surface area contributed by atoms with Crippen LogP contribution in [-0.4, -0.2) is 52.5 Å². The van der Waals surface area contributed by atoms with Gasteiger partial charge < -0.3 is 19.3 Å². The third kappa shape index (κ3) is 5.52. The van der Waals surface area contributed by atoms with Crippen molar-refractivity contribution in [3.8, 4) is 57.2 Å². The second kappa shape index (κ2) is 11.3. The fourth-order valence-electron chi connectivity index (χ4n) is 3.64. The van der Waals surface area contributed by atoms with Gasteiger partial charge in [-0.1, -0.05) is 30.8 Å². The predicted octanol–water partition coefficient (Wildman–Crippen LogP) is 4.69. The number of rotatable bonds is 10. The van der Waals surface area contributed by atoms with Gasteiger partial charge in [-0.3, -0.25) is 9.59 Å². The van der Waals surface area contributed by atoms with E-state index in [9.17, 15) is 14.7 Å². The highest BCUT2D eigenvalue weighted by Gasteiger charge is 2.19. The highest BCUT2D eigenvalue weighted by Crippen LogP contribution is 2.36. The monoisotopic (exact) mass is 511 g/mol. The maximum absolute atomic E-state index is 11.9. The van der Waals surface area contributed by atoms with Crippen LogP contribution in [-0.2, 0) is 9.59 Å². The Morgan fingerprint density at radius 3 is 1.76 bits per heavy atom. The molecule has 0 saturated carbocycles. The first kappa shape index (κ1) is 26.0. The minimum atomic E-state index is -0.735. The summed E-state index contributed by atoms with van der Waals surface area (Å²) in [5.74, 6) is 0.552. The zero-order chi connectivity index (χ0) is 27.2. The topological polar surface area (TPSA) is 121 Å². The van der Waals surface area contributed by atoms with Crippen molar-refractivity contribution in [2.24, 2.45) is 0 Å². The number of allylic oxidation sites excluding steroid dienone is 1. The second-order valence-corrected chi connectivity index (χ2v) is 8.21. The summed E-state index contributed by atoms with van der Waals surface area (Å²) in [6, 6.07) is 19.0. The Morgan fingerprint density at radius 1 is 0.789 bits per heavy atom. The summed E-state index contributed by atoms with van der Waals surface area (Å²) in [5, 5.41) is 10.8. The highest BCUT2D eigenvalue weighted by atomic mass is 16.5. The number of hydrogen-bond acceptors (Lipinski definition) is 9. The molecule has 0 aliphatic heterocycles. The number of ketones is 2. The molecule has 0 unspecified atom stereocenters. The first-order valence-corrected chi connectivity index (χ1v) is 11.5. The maximum Gasteiger partial charge on any atom is 0.240 e. The van der Waals surface area contributed by atoms with Gasteiger partial charge in [-0.15, -0.1) is 0 Å². The number of methoxy groups -OCH3 is 2. The van der Waals surface area contributed by atoms with E-state index in [1.165, 1.54) is 13.0 Å². The van der Waals surface area contributed by atoms with E-state index >= 15 is 0 Å². The third-order valence-electron chi connectivity index (χ3n) is 5.55. The number of para-hydroxylation sites is 2. The SMILES string of the molecule is C=C(C)C(=O)C(=O)COc1ccc(-c2nc(-c3ccccc3OC)nc(-c3ccccc3OC)n2)c(O)c1. The van der Waals surface area contributed by atoms with Crippen molar-refractivity contribution in [3.05, 3.63) is 78.9 Å². The van der Waals surface area contributed by atoms with E-state index in [1.54, 1.807) is 38.5 Å². The summed E-state index contributed by atoms with van der Waals surface area (Å²) in [6.07, 6.45) is 0. The minimum absolute atomic E-state index is 0.128.